The average molecular weight is 303 g/mol. The second kappa shape index (κ2) is 7.96. The van der Waals surface area contributed by atoms with Gasteiger partial charge in [0.15, 0.2) is 0 Å². The third kappa shape index (κ3) is 4.41. The molecule has 1 unspecified atom stereocenters. The van der Waals surface area contributed by atoms with E-state index in [1.807, 2.05) is 44.3 Å². The fourth-order valence-corrected chi connectivity index (χ4v) is 3.00. The van der Waals surface area contributed by atoms with Crippen molar-refractivity contribution in [3.8, 4) is 0 Å². The highest BCUT2D eigenvalue weighted by atomic mass is 32.1. The minimum Gasteiger partial charge on any atom is -0.465 e. The molecular formula is C17H21NO2S. The molecule has 4 heteroatoms. The first-order chi connectivity index (χ1) is 10.2. The molecule has 0 bridgehead atoms. The third-order valence-electron chi connectivity index (χ3n) is 3.36. The van der Waals surface area contributed by atoms with Gasteiger partial charge in [0, 0.05) is 11.4 Å². The molecule has 0 saturated heterocycles. The molecule has 1 aromatic heterocycles. The summed E-state index contributed by atoms with van der Waals surface area (Å²) in [6.07, 6.45) is 0.941. The summed E-state index contributed by atoms with van der Waals surface area (Å²) in [6, 6.07) is 13.7. The van der Waals surface area contributed by atoms with E-state index < -0.39 is 0 Å². The summed E-state index contributed by atoms with van der Waals surface area (Å²) in [7, 11) is 1.97. The lowest BCUT2D eigenvalue weighted by Crippen LogP contribution is -2.33. The second-order valence-electron chi connectivity index (χ2n) is 4.88. The maximum atomic E-state index is 12.3. The normalized spacial score (nSPS) is 12.3. The van der Waals surface area contributed by atoms with Gasteiger partial charge in [0.05, 0.1) is 6.61 Å². The van der Waals surface area contributed by atoms with Crippen molar-refractivity contribution in [2.75, 3.05) is 20.2 Å². The molecule has 21 heavy (non-hydrogen) atoms. The van der Waals surface area contributed by atoms with Gasteiger partial charge in [-0.15, -0.1) is 11.3 Å². The van der Waals surface area contributed by atoms with Gasteiger partial charge in [-0.25, -0.2) is 4.79 Å². The minimum absolute atomic E-state index is 0.183. The number of hydrogen-bond donors (Lipinski definition) is 0. The molecule has 2 aromatic rings. The highest BCUT2D eigenvalue weighted by Gasteiger charge is 2.26. The third-order valence-corrected chi connectivity index (χ3v) is 4.29. The summed E-state index contributed by atoms with van der Waals surface area (Å²) in [5, 5.41) is 2.08. The van der Waals surface area contributed by atoms with Gasteiger partial charge in [0.25, 0.3) is 0 Å². The van der Waals surface area contributed by atoms with E-state index in [2.05, 4.69) is 22.4 Å². The van der Waals surface area contributed by atoms with Crippen molar-refractivity contribution >= 4 is 17.3 Å². The number of carbonyl (C=O) groups is 1. The van der Waals surface area contributed by atoms with Crippen molar-refractivity contribution in [2.45, 2.75) is 19.4 Å². The van der Waals surface area contributed by atoms with Gasteiger partial charge in [-0.05, 0) is 37.4 Å². The van der Waals surface area contributed by atoms with Gasteiger partial charge in [0.2, 0.25) is 0 Å². The number of rotatable bonds is 7. The molecule has 0 N–H and O–H groups in total. The van der Waals surface area contributed by atoms with E-state index in [-0.39, 0.29) is 12.0 Å². The fourth-order valence-electron chi connectivity index (χ4n) is 2.30. The first kappa shape index (κ1) is 15.7. The molecule has 3 nitrogen and oxygen atoms in total. The van der Waals surface area contributed by atoms with E-state index in [4.69, 9.17) is 4.74 Å². The number of thiophene rings is 1. The van der Waals surface area contributed by atoms with Crippen LogP contribution in [-0.4, -0.2) is 31.1 Å². The Morgan fingerprint density at radius 3 is 2.62 bits per heavy atom. The molecule has 0 amide bonds. The number of ether oxygens (including phenoxy) is 1. The predicted molar refractivity (Wildman–Crippen MR) is 86.5 cm³/mol. The topological polar surface area (TPSA) is 29.5 Å². The SMILES string of the molecule is CCOC(=O)C(c1ccccc1)N(C)CCc1cccs1. The van der Waals surface area contributed by atoms with Crippen molar-refractivity contribution in [3.05, 3.63) is 58.3 Å². The number of nitrogens with zero attached hydrogens (tertiary/aromatic N) is 1. The number of esters is 1. The Morgan fingerprint density at radius 2 is 2.00 bits per heavy atom. The van der Waals surface area contributed by atoms with Crippen molar-refractivity contribution in [2.24, 2.45) is 0 Å². The van der Waals surface area contributed by atoms with Crippen molar-refractivity contribution in [1.29, 1.82) is 0 Å². The van der Waals surface area contributed by atoms with Crippen LogP contribution in [0.3, 0.4) is 0 Å². The minimum atomic E-state index is -0.342. The summed E-state index contributed by atoms with van der Waals surface area (Å²) in [6.45, 7) is 3.06. The lowest BCUT2D eigenvalue weighted by atomic mass is 10.1. The molecule has 112 valence electrons. The fraction of sp³-hybridized carbons (Fsp3) is 0.353. The number of carbonyl (C=O) groups excluding carboxylic acids is 1. The Kier molecular flexibility index (Phi) is 5.96. The van der Waals surface area contributed by atoms with Crippen LogP contribution < -0.4 is 0 Å². The van der Waals surface area contributed by atoms with Gasteiger partial charge in [0.1, 0.15) is 6.04 Å². The summed E-state index contributed by atoms with van der Waals surface area (Å²) in [5.74, 6) is -0.183. The second-order valence-corrected chi connectivity index (χ2v) is 5.91. The Bertz CT molecular complexity index is 539. The first-order valence-electron chi connectivity index (χ1n) is 7.16. The zero-order valence-corrected chi connectivity index (χ0v) is 13.3. The Hall–Kier alpha value is -1.65. The van der Waals surface area contributed by atoms with E-state index in [1.165, 1.54) is 4.88 Å². The van der Waals surface area contributed by atoms with Crippen LogP contribution in [0.15, 0.2) is 47.8 Å². The van der Waals surface area contributed by atoms with E-state index in [9.17, 15) is 4.79 Å². The molecule has 0 saturated carbocycles. The molecule has 0 aliphatic heterocycles. The average Bonchev–Trinajstić information content (AvgIpc) is 3.00. The summed E-state index contributed by atoms with van der Waals surface area (Å²) in [4.78, 5) is 15.7. The number of benzene rings is 1. The zero-order valence-electron chi connectivity index (χ0n) is 12.5. The summed E-state index contributed by atoms with van der Waals surface area (Å²) >= 11 is 1.75. The Balaban J connectivity index is 2.08. The van der Waals surface area contributed by atoms with E-state index in [0.29, 0.717) is 6.61 Å². The Morgan fingerprint density at radius 1 is 1.24 bits per heavy atom. The van der Waals surface area contributed by atoms with Crippen molar-refractivity contribution < 1.29 is 9.53 Å². The summed E-state index contributed by atoms with van der Waals surface area (Å²) in [5.41, 5.74) is 0.977. The van der Waals surface area contributed by atoms with Gasteiger partial charge < -0.3 is 4.74 Å². The number of likely N-dealkylation sites (N-methyl/N-ethyl adjacent to an activating group) is 1. The predicted octanol–water partition coefficient (Wildman–Crippen LogP) is 3.53. The van der Waals surface area contributed by atoms with Gasteiger partial charge in [-0.1, -0.05) is 36.4 Å². The van der Waals surface area contributed by atoms with Crippen LogP contribution in [0.25, 0.3) is 0 Å². The maximum absolute atomic E-state index is 12.3. The molecule has 0 radical (unpaired) electrons. The molecule has 0 aliphatic carbocycles. The van der Waals surface area contributed by atoms with Crippen LogP contribution in [0, 0.1) is 0 Å². The quantitative estimate of drug-likeness (QED) is 0.733. The maximum Gasteiger partial charge on any atom is 0.327 e. The van der Waals surface area contributed by atoms with Crippen LogP contribution in [0.5, 0.6) is 0 Å². The lowest BCUT2D eigenvalue weighted by Gasteiger charge is -2.26. The highest BCUT2D eigenvalue weighted by molar-refractivity contribution is 7.09. The van der Waals surface area contributed by atoms with Crippen LogP contribution in [0.1, 0.15) is 23.4 Å². The van der Waals surface area contributed by atoms with Crippen molar-refractivity contribution in [1.82, 2.24) is 4.90 Å². The van der Waals surface area contributed by atoms with E-state index in [0.717, 1.165) is 18.5 Å². The van der Waals surface area contributed by atoms with Crippen LogP contribution >= 0.6 is 11.3 Å². The van der Waals surface area contributed by atoms with Crippen LogP contribution in [0.4, 0.5) is 0 Å². The van der Waals surface area contributed by atoms with Gasteiger partial charge >= 0.3 is 5.97 Å². The molecule has 2 rings (SSSR count). The van der Waals surface area contributed by atoms with Crippen LogP contribution in [0.2, 0.25) is 0 Å². The molecule has 0 aliphatic rings. The first-order valence-corrected chi connectivity index (χ1v) is 8.04. The number of hydrogen-bond acceptors (Lipinski definition) is 4. The van der Waals surface area contributed by atoms with E-state index >= 15 is 0 Å². The standard InChI is InChI=1S/C17H21NO2S/c1-3-20-17(19)16(14-8-5-4-6-9-14)18(2)12-11-15-10-7-13-21-15/h4-10,13,16H,3,11-12H2,1-2H3. The molecular weight excluding hydrogens is 282 g/mol. The lowest BCUT2D eigenvalue weighted by molar-refractivity contribution is -0.149. The summed E-state index contributed by atoms with van der Waals surface area (Å²) < 4.78 is 5.24. The largest absolute Gasteiger partial charge is 0.465 e. The Labute approximate surface area is 130 Å². The smallest absolute Gasteiger partial charge is 0.327 e. The molecule has 1 heterocycles. The van der Waals surface area contributed by atoms with Crippen LogP contribution in [-0.2, 0) is 16.0 Å². The molecule has 0 fully saturated rings. The molecule has 0 spiro atoms. The molecule has 1 atom stereocenters. The zero-order chi connectivity index (χ0) is 15.1. The highest BCUT2D eigenvalue weighted by Crippen LogP contribution is 2.22. The van der Waals surface area contributed by atoms with E-state index in [1.54, 1.807) is 11.3 Å². The van der Waals surface area contributed by atoms with Gasteiger partial charge in [-0.3, -0.25) is 4.90 Å². The van der Waals surface area contributed by atoms with Crippen molar-refractivity contribution in [3.63, 3.8) is 0 Å². The molecule has 1 aromatic carbocycles. The van der Waals surface area contributed by atoms with Gasteiger partial charge in [-0.2, -0.15) is 0 Å². The monoisotopic (exact) mass is 303 g/mol.